The molecule has 0 radical (unpaired) electrons. The number of aliphatic hydroxyl groups excluding tert-OH is 1. The fourth-order valence-electron chi connectivity index (χ4n) is 4.16. The van der Waals surface area contributed by atoms with Crippen molar-refractivity contribution in [2.24, 2.45) is 0 Å². The molecule has 0 saturated carbocycles. The average molecular weight is 406 g/mol. The van der Waals surface area contributed by atoms with E-state index in [1.807, 2.05) is 46.1 Å². The van der Waals surface area contributed by atoms with Gasteiger partial charge in [0.05, 0.1) is 12.6 Å². The molecule has 0 aliphatic carbocycles. The summed E-state index contributed by atoms with van der Waals surface area (Å²) >= 11 is 0. The van der Waals surface area contributed by atoms with Crippen LogP contribution < -0.4 is 4.74 Å². The second kappa shape index (κ2) is 8.77. The first kappa shape index (κ1) is 20.3. The number of ether oxygens (including phenoxy) is 1. The Hall–Kier alpha value is -2.03. The maximum atomic E-state index is 13.4. The zero-order valence-corrected chi connectivity index (χ0v) is 16.5. The first-order valence-electron chi connectivity index (χ1n) is 10.2. The maximum absolute atomic E-state index is 13.4. The van der Waals surface area contributed by atoms with Gasteiger partial charge in [0.2, 0.25) is 0 Å². The number of hydrogen-bond acceptors (Lipinski definition) is 5. The van der Waals surface area contributed by atoms with E-state index in [2.05, 4.69) is 10.00 Å². The largest absolute Gasteiger partial charge is 0.492 e. The molecule has 0 unspecified atom stereocenters. The molecule has 0 amide bonds. The van der Waals surface area contributed by atoms with Crippen molar-refractivity contribution < 1.29 is 18.6 Å². The minimum atomic E-state index is -2.55. The number of β-amino-alcohol motifs (C(OH)–C–C–N with tert-alkyl or cyclic N) is 1. The molecule has 158 valence electrons. The van der Waals surface area contributed by atoms with Crippen molar-refractivity contribution in [1.82, 2.24) is 19.6 Å². The molecule has 0 spiro atoms. The molecule has 2 fully saturated rings. The smallest absolute Gasteiger partial charge is 0.250 e. The number of likely N-dealkylation sites (tertiary alicyclic amines) is 2. The van der Waals surface area contributed by atoms with Crippen LogP contribution in [0.4, 0.5) is 8.78 Å². The van der Waals surface area contributed by atoms with Crippen LogP contribution in [0.3, 0.4) is 0 Å². The average Bonchev–Trinajstić information content (AvgIpc) is 3.33. The number of piperidine rings is 1. The lowest BCUT2D eigenvalue weighted by molar-refractivity contribution is -0.0698. The van der Waals surface area contributed by atoms with Gasteiger partial charge in [-0.05, 0) is 23.8 Å². The summed E-state index contributed by atoms with van der Waals surface area (Å²) in [4.78, 5) is 4.22. The molecule has 1 aromatic heterocycles. The highest BCUT2D eigenvalue weighted by molar-refractivity contribution is 5.27. The number of aromatic nitrogens is 2. The van der Waals surface area contributed by atoms with Gasteiger partial charge >= 0.3 is 0 Å². The highest BCUT2D eigenvalue weighted by Crippen LogP contribution is 2.30. The topological polar surface area (TPSA) is 53.8 Å². The lowest BCUT2D eigenvalue weighted by atomic mass is 10.0. The molecule has 1 N–H and O–H groups in total. The summed E-state index contributed by atoms with van der Waals surface area (Å²) in [6, 6.07) is 9.80. The van der Waals surface area contributed by atoms with Crippen LogP contribution >= 0.6 is 0 Å². The van der Waals surface area contributed by atoms with Gasteiger partial charge in [-0.1, -0.05) is 12.1 Å². The molecule has 29 heavy (non-hydrogen) atoms. The maximum Gasteiger partial charge on any atom is 0.250 e. The normalized spacial score (nSPS) is 25.3. The van der Waals surface area contributed by atoms with Crippen LogP contribution in [0, 0.1) is 0 Å². The van der Waals surface area contributed by atoms with Gasteiger partial charge in [-0.25, -0.2) is 8.78 Å². The summed E-state index contributed by atoms with van der Waals surface area (Å²) in [7, 11) is 0. The Morgan fingerprint density at radius 1 is 1.14 bits per heavy atom. The minimum Gasteiger partial charge on any atom is -0.492 e. The van der Waals surface area contributed by atoms with E-state index in [1.165, 1.54) is 0 Å². The van der Waals surface area contributed by atoms with Crippen LogP contribution in [0.5, 0.6) is 5.75 Å². The van der Waals surface area contributed by atoms with E-state index in [9.17, 15) is 13.9 Å². The second-order valence-corrected chi connectivity index (χ2v) is 7.98. The summed E-state index contributed by atoms with van der Waals surface area (Å²) < 4.78 is 34.4. The van der Waals surface area contributed by atoms with Crippen LogP contribution in [-0.4, -0.2) is 75.5 Å². The molecule has 2 aromatic rings. The van der Waals surface area contributed by atoms with Gasteiger partial charge in [-0.2, -0.15) is 5.10 Å². The van der Waals surface area contributed by atoms with E-state index in [4.69, 9.17) is 4.74 Å². The highest BCUT2D eigenvalue weighted by Gasteiger charge is 2.41. The Labute approximate surface area is 169 Å². The molecule has 2 aliphatic rings. The third-order valence-electron chi connectivity index (χ3n) is 5.81. The molecule has 0 bridgehead atoms. The van der Waals surface area contributed by atoms with Crippen LogP contribution in [0.25, 0.3) is 0 Å². The van der Waals surface area contributed by atoms with E-state index >= 15 is 0 Å². The quantitative estimate of drug-likeness (QED) is 0.764. The van der Waals surface area contributed by atoms with Crippen molar-refractivity contribution in [2.45, 2.75) is 44.0 Å². The van der Waals surface area contributed by atoms with Crippen LogP contribution in [0.2, 0.25) is 0 Å². The molecular formula is C21H28F2N4O2. The Balaban J connectivity index is 1.24. The lowest BCUT2D eigenvalue weighted by Crippen LogP contribution is -2.49. The predicted molar refractivity (Wildman–Crippen MR) is 105 cm³/mol. The lowest BCUT2D eigenvalue weighted by Gasteiger charge is -2.36. The molecule has 2 atom stereocenters. The van der Waals surface area contributed by atoms with Gasteiger partial charge in [0.15, 0.2) is 0 Å². The van der Waals surface area contributed by atoms with Crippen molar-refractivity contribution in [3.05, 3.63) is 48.3 Å². The van der Waals surface area contributed by atoms with Crippen molar-refractivity contribution in [3.63, 3.8) is 0 Å². The molecule has 8 heteroatoms. The van der Waals surface area contributed by atoms with Gasteiger partial charge < -0.3 is 9.84 Å². The Morgan fingerprint density at radius 3 is 2.59 bits per heavy atom. The van der Waals surface area contributed by atoms with Gasteiger partial charge in [0.25, 0.3) is 5.92 Å². The monoisotopic (exact) mass is 406 g/mol. The molecule has 2 saturated heterocycles. The van der Waals surface area contributed by atoms with E-state index < -0.39 is 12.0 Å². The number of rotatable bonds is 7. The SMILES string of the molecule is O[C@H]1CN(Cc2ccc(OCCn3cccn3)cc2)C[C@@H]1N1CCC(F)(F)CC1. The zero-order chi connectivity index (χ0) is 20.3. The minimum absolute atomic E-state index is 0.0593. The Morgan fingerprint density at radius 2 is 1.90 bits per heavy atom. The van der Waals surface area contributed by atoms with Crippen molar-refractivity contribution in [2.75, 3.05) is 32.8 Å². The van der Waals surface area contributed by atoms with E-state index in [0.717, 1.165) is 17.9 Å². The third-order valence-corrected chi connectivity index (χ3v) is 5.81. The van der Waals surface area contributed by atoms with E-state index in [1.54, 1.807) is 6.20 Å². The van der Waals surface area contributed by atoms with Crippen LogP contribution in [0.15, 0.2) is 42.7 Å². The molecule has 4 rings (SSSR count). The Kier molecular flexibility index (Phi) is 6.12. The van der Waals surface area contributed by atoms with Gasteiger partial charge in [0, 0.05) is 64.0 Å². The van der Waals surface area contributed by atoms with Crippen LogP contribution in [0.1, 0.15) is 18.4 Å². The number of hydrogen-bond donors (Lipinski definition) is 1. The van der Waals surface area contributed by atoms with Gasteiger partial charge in [-0.3, -0.25) is 14.5 Å². The summed E-state index contributed by atoms with van der Waals surface area (Å²) in [5, 5.41) is 14.6. The molecule has 6 nitrogen and oxygen atoms in total. The fraction of sp³-hybridized carbons (Fsp3) is 0.571. The van der Waals surface area contributed by atoms with Crippen molar-refractivity contribution in [1.29, 1.82) is 0 Å². The number of halogens is 2. The van der Waals surface area contributed by atoms with Crippen molar-refractivity contribution >= 4 is 0 Å². The predicted octanol–water partition coefficient (Wildman–Crippen LogP) is 2.24. The van der Waals surface area contributed by atoms with E-state index in [0.29, 0.717) is 39.3 Å². The number of benzene rings is 1. The summed E-state index contributed by atoms with van der Waals surface area (Å²) in [6.45, 7) is 3.96. The first-order chi connectivity index (χ1) is 14.0. The number of alkyl halides is 2. The fourth-order valence-corrected chi connectivity index (χ4v) is 4.16. The second-order valence-electron chi connectivity index (χ2n) is 7.98. The number of nitrogens with zero attached hydrogens (tertiary/aromatic N) is 4. The van der Waals surface area contributed by atoms with Crippen molar-refractivity contribution in [3.8, 4) is 5.75 Å². The summed E-state index contributed by atoms with van der Waals surface area (Å²) in [6.07, 6.45) is 2.93. The summed E-state index contributed by atoms with van der Waals surface area (Å²) in [5.41, 5.74) is 1.14. The summed E-state index contributed by atoms with van der Waals surface area (Å²) in [5.74, 6) is -1.74. The van der Waals surface area contributed by atoms with Gasteiger partial charge in [0.1, 0.15) is 12.4 Å². The first-order valence-corrected chi connectivity index (χ1v) is 10.2. The van der Waals surface area contributed by atoms with Crippen LogP contribution in [-0.2, 0) is 13.1 Å². The van der Waals surface area contributed by atoms with Gasteiger partial charge in [-0.15, -0.1) is 0 Å². The zero-order valence-electron chi connectivity index (χ0n) is 16.5. The molecule has 3 heterocycles. The Bertz CT molecular complexity index is 759. The third kappa shape index (κ3) is 5.32. The standard InChI is InChI=1S/C21H28F2N4O2/c22-21(23)6-10-26(11-7-21)19-15-25(16-20(19)28)14-17-2-4-18(5-3-17)29-13-12-27-9-1-8-24-27/h1-5,8-9,19-20,28H,6-7,10-16H2/t19-,20-/m0/s1. The highest BCUT2D eigenvalue weighted by atomic mass is 19.3. The molecule has 1 aromatic carbocycles. The molecule has 2 aliphatic heterocycles. The molecular weight excluding hydrogens is 378 g/mol. The number of aliphatic hydroxyl groups is 1. The van der Waals surface area contributed by atoms with E-state index in [-0.39, 0.29) is 18.9 Å².